The Hall–Kier alpha value is -2.27. The number of hydrogen-bond donors (Lipinski definition) is 2. The molecular weight excluding hydrogens is 284 g/mol. The molecule has 108 valence electrons. The molecule has 2 N–H and O–H groups in total. The van der Waals surface area contributed by atoms with Crippen molar-refractivity contribution in [2.75, 3.05) is 0 Å². The fourth-order valence-electron chi connectivity index (χ4n) is 2.12. The van der Waals surface area contributed by atoms with E-state index in [0.29, 0.717) is 6.54 Å². The minimum absolute atomic E-state index is 0.180. The summed E-state index contributed by atoms with van der Waals surface area (Å²) >= 11 is 1.62. The SMILES string of the molecule is CC(NC(=O)NCc1cccs1)c1cc2ccccc2o1. The molecule has 3 aromatic rings. The molecule has 2 aromatic heterocycles. The molecule has 0 aliphatic carbocycles. The van der Waals surface area contributed by atoms with Gasteiger partial charge in [-0.2, -0.15) is 0 Å². The quantitative estimate of drug-likeness (QED) is 0.763. The molecule has 0 saturated carbocycles. The lowest BCUT2D eigenvalue weighted by molar-refractivity contribution is 0.236. The number of urea groups is 1. The summed E-state index contributed by atoms with van der Waals surface area (Å²) in [5.41, 5.74) is 0.833. The van der Waals surface area contributed by atoms with E-state index in [1.165, 1.54) is 0 Å². The second-order valence-electron chi connectivity index (χ2n) is 4.81. The topological polar surface area (TPSA) is 54.3 Å². The van der Waals surface area contributed by atoms with Crippen LogP contribution in [0.15, 0.2) is 52.3 Å². The van der Waals surface area contributed by atoms with Crippen molar-refractivity contribution in [2.24, 2.45) is 0 Å². The van der Waals surface area contributed by atoms with Gasteiger partial charge >= 0.3 is 6.03 Å². The van der Waals surface area contributed by atoms with Gasteiger partial charge in [0.2, 0.25) is 0 Å². The van der Waals surface area contributed by atoms with E-state index in [-0.39, 0.29) is 12.1 Å². The number of thiophene rings is 1. The molecule has 1 aromatic carbocycles. The maximum absolute atomic E-state index is 11.9. The van der Waals surface area contributed by atoms with Crippen LogP contribution in [0.25, 0.3) is 11.0 Å². The van der Waals surface area contributed by atoms with E-state index in [4.69, 9.17) is 4.42 Å². The van der Waals surface area contributed by atoms with E-state index in [1.807, 2.05) is 54.8 Å². The van der Waals surface area contributed by atoms with Crippen LogP contribution in [0.5, 0.6) is 0 Å². The molecule has 0 spiro atoms. The van der Waals surface area contributed by atoms with Crippen LogP contribution in [-0.4, -0.2) is 6.03 Å². The molecule has 2 heterocycles. The van der Waals surface area contributed by atoms with Gasteiger partial charge in [0.15, 0.2) is 0 Å². The number of hydrogen-bond acceptors (Lipinski definition) is 3. The monoisotopic (exact) mass is 300 g/mol. The van der Waals surface area contributed by atoms with Crippen molar-refractivity contribution >= 4 is 28.3 Å². The molecule has 0 radical (unpaired) electrons. The average Bonchev–Trinajstić information content (AvgIpc) is 3.14. The number of rotatable bonds is 4. The Bertz CT molecular complexity index is 701. The van der Waals surface area contributed by atoms with E-state index >= 15 is 0 Å². The highest BCUT2D eigenvalue weighted by Gasteiger charge is 2.13. The third kappa shape index (κ3) is 3.25. The predicted octanol–water partition coefficient (Wildman–Crippen LogP) is 4.05. The smallest absolute Gasteiger partial charge is 0.315 e. The van der Waals surface area contributed by atoms with Crippen LogP contribution in [0.2, 0.25) is 0 Å². The average molecular weight is 300 g/mol. The van der Waals surface area contributed by atoms with Crippen molar-refractivity contribution in [3.8, 4) is 0 Å². The maximum atomic E-state index is 11.9. The first-order chi connectivity index (χ1) is 10.2. The summed E-state index contributed by atoms with van der Waals surface area (Å²) in [5, 5.41) is 8.75. The maximum Gasteiger partial charge on any atom is 0.315 e. The Kier molecular flexibility index (Phi) is 3.92. The molecule has 0 aliphatic rings. The molecule has 0 aliphatic heterocycles. The molecular formula is C16H16N2O2S. The molecule has 1 atom stereocenters. The second-order valence-corrected chi connectivity index (χ2v) is 5.85. The van der Waals surface area contributed by atoms with Gasteiger partial charge in [0.25, 0.3) is 0 Å². The second kappa shape index (κ2) is 6.01. The summed E-state index contributed by atoms with van der Waals surface area (Å²) < 4.78 is 5.74. The molecule has 4 nitrogen and oxygen atoms in total. The molecule has 0 saturated heterocycles. The zero-order valence-corrected chi connectivity index (χ0v) is 12.4. The fourth-order valence-corrected chi connectivity index (χ4v) is 2.76. The molecule has 0 bridgehead atoms. The van der Waals surface area contributed by atoms with Gasteiger partial charge in [-0.15, -0.1) is 11.3 Å². The van der Waals surface area contributed by atoms with E-state index in [0.717, 1.165) is 21.6 Å². The lowest BCUT2D eigenvalue weighted by Crippen LogP contribution is -2.36. The minimum atomic E-state index is -0.198. The number of carbonyl (C=O) groups is 1. The molecule has 1 unspecified atom stereocenters. The third-order valence-electron chi connectivity index (χ3n) is 3.22. The zero-order valence-electron chi connectivity index (χ0n) is 11.6. The van der Waals surface area contributed by atoms with Gasteiger partial charge in [-0.25, -0.2) is 4.79 Å². The van der Waals surface area contributed by atoms with Crippen LogP contribution in [0.1, 0.15) is 23.6 Å². The minimum Gasteiger partial charge on any atom is -0.459 e. The summed E-state index contributed by atoms with van der Waals surface area (Å²) in [6.07, 6.45) is 0. The Balaban J connectivity index is 1.60. The lowest BCUT2D eigenvalue weighted by atomic mass is 10.2. The van der Waals surface area contributed by atoms with Gasteiger partial charge in [-0.05, 0) is 30.5 Å². The van der Waals surface area contributed by atoms with Gasteiger partial charge in [0.05, 0.1) is 12.6 Å². The Morgan fingerprint density at radius 2 is 2.14 bits per heavy atom. The van der Waals surface area contributed by atoms with Crippen LogP contribution < -0.4 is 10.6 Å². The number of amides is 2. The normalized spacial score (nSPS) is 12.2. The third-order valence-corrected chi connectivity index (χ3v) is 4.10. The van der Waals surface area contributed by atoms with Gasteiger partial charge < -0.3 is 15.1 Å². The highest BCUT2D eigenvalue weighted by molar-refractivity contribution is 7.09. The first-order valence-electron chi connectivity index (χ1n) is 6.77. The Labute approximate surface area is 126 Å². The highest BCUT2D eigenvalue weighted by Crippen LogP contribution is 2.23. The van der Waals surface area contributed by atoms with E-state index in [1.54, 1.807) is 11.3 Å². The van der Waals surface area contributed by atoms with Crippen molar-refractivity contribution in [3.63, 3.8) is 0 Å². The van der Waals surface area contributed by atoms with Gasteiger partial charge in [-0.1, -0.05) is 24.3 Å². The van der Waals surface area contributed by atoms with E-state index < -0.39 is 0 Å². The molecule has 2 amide bonds. The Morgan fingerprint density at radius 3 is 2.90 bits per heavy atom. The van der Waals surface area contributed by atoms with Crippen molar-refractivity contribution in [1.82, 2.24) is 10.6 Å². The molecule has 5 heteroatoms. The summed E-state index contributed by atoms with van der Waals surface area (Å²) in [6.45, 7) is 2.44. The van der Waals surface area contributed by atoms with Gasteiger partial charge in [-0.3, -0.25) is 0 Å². The molecule has 0 fully saturated rings. The van der Waals surface area contributed by atoms with Crippen molar-refractivity contribution in [1.29, 1.82) is 0 Å². The van der Waals surface area contributed by atoms with Crippen molar-refractivity contribution in [2.45, 2.75) is 19.5 Å². The zero-order chi connectivity index (χ0) is 14.7. The fraction of sp³-hybridized carbons (Fsp3) is 0.188. The van der Waals surface area contributed by atoms with E-state index in [9.17, 15) is 4.79 Å². The number of benzene rings is 1. The summed E-state index contributed by atoms with van der Waals surface area (Å²) in [6, 6.07) is 13.4. The van der Waals surface area contributed by atoms with Crippen LogP contribution in [0.3, 0.4) is 0 Å². The van der Waals surface area contributed by atoms with Crippen LogP contribution in [0, 0.1) is 0 Å². The van der Waals surface area contributed by atoms with Crippen LogP contribution >= 0.6 is 11.3 Å². The van der Waals surface area contributed by atoms with Crippen molar-refractivity contribution in [3.05, 3.63) is 58.5 Å². The standard InChI is InChI=1S/C16H16N2O2S/c1-11(15-9-12-5-2-3-7-14(12)20-15)18-16(19)17-10-13-6-4-8-21-13/h2-9,11H,10H2,1H3,(H2,17,18,19). The van der Waals surface area contributed by atoms with Gasteiger partial charge in [0.1, 0.15) is 11.3 Å². The number of para-hydroxylation sites is 1. The Morgan fingerprint density at radius 1 is 1.29 bits per heavy atom. The summed E-state index contributed by atoms with van der Waals surface area (Å²) in [5.74, 6) is 0.752. The highest BCUT2D eigenvalue weighted by atomic mass is 32.1. The van der Waals surface area contributed by atoms with Crippen LogP contribution in [-0.2, 0) is 6.54 Å². The largest absolute Gasteiger partial charge is 0.459 e. The number of carbonyl (C=O) groups excluding carboxylic acids is 1. The number of furan rings is 1. The van der Waals surface area contributed by atoms with E-state index in [2.05, 4.69) is 10.6 Å². The molecule has 3 rings (SSSR count). The van der Waals surface area contributed by atoms with Crippen molar-refractivity contribution < 1.29 is 9.21 Å². The van der Waals surface area contributed by atoms with Crippen LogP contribution in [0.4, 0.5) is 4.79 Å². The number of nitrogens with one attached hydrogen (secondary N) is 2. The lowest BCUT2D eigenvalue weighted by Gasteiger charge is -2.12. The molecule has 21 heavy (non-hydrogen) atoms. The summed E-state index contributed by atoms with van der Waals surface area (Å²) in [4.78, 5) is 13.0. The first kappa shape index (κ1) is 13.7. The van der Waals surface area contributed by atoms with Gasteiger partial charge in [0, 0.05) is 10.3 Å². The summed E-state index contributed by atoms with van der Waals surface area (Å²) in [7, 11) is 0. The predicted molar refractivity (Wildman–Crippen MR) is 84.3 cm³/mol. The number of fused-ring (bicyclic) bond motifs is 1. The first-order valence-corrected chi connectivity index (χ1v) is 7.65.